The SMILES string of the molecule is Cc1ccc(Cl)cc1C(N)Cc1cc(Br)ccc1F. The van der Waals surface area contributed by atoms with Gasteiger partial charge in [0, 0.05) is 15.5 Å². The summed E-state index contributed by atoms with van der Waals surface area (Å²) in [6.45, 7) is 1.97. The van der Waals surface area contributed by atoms with Gasteiger partial charge >= 0.3 is 0 Å². The molecule has 0 radical (unpaired) electrons. The topological polar surface area (TPSA) is 26.0 Å². The Morgan fingerprint density at radius 3 is 2.74 bits per heavy atom. The van der Waals surface area contributed by atoms with Crippen LogP contribution in [0.4, 0.5) is 4.39 Å². The number of rotatable bonds is 3. The molecule has 0 aromatic heterocycles. The molecular weight excluding hydrogens is 329 g/mol. The van der Waals surface area contributed by atoms with Crippen molar-refractivity contribution in [2.75, 3.05) is 0 Å². The standard InChI is InChI=1S/C15H14BrClFN/c1-9-2-4-12(17)8-13(9)15(19)7-10-6-11(16)3-5-14(10)18/h2-6,8,15H,7,19H2,1H3. The van der Waals surface area contributed by atoms with Gasteiger partial charge in [0.05, 0.1) is 0 Å². The Labute approximate surface area is 125 Å². The first kappa shape index (κ1) is 14.5. The van der Waals surface area contributed by atoms with Crippen LogP contribution in [-0.4, -0.2) is 0 Å². The minimum atomic E-state index is -0.275. The first-order valence-corrected chi connectivity index (χ1v) is 7.10. The summed E-state index contributed by atoms with van der Waals surface area (Å²) in [4.78, 5) is 0. The van der Waals surface area contributed by atoms with Crippen LogP contribution in [0, 0.1) is 12.7 Å². The molecule has 0 bridgehead atoms. The van der Waals surface area contributed by atoms with E-state index >= 15 is 0 Å². The Morgan fingerprint density at radius 2 is 2.00 bits per heavy atom. The van der Waals surface area contributed by atoms with Gasteiger partial charge in [0.25, 0.3) is 0 Å². The van der Waals surface area contributed by atoms with Gasteiger partial charge in [0.2, 0.25) is 0 Å². The molecule has 2 aromatic carbocycles. The predicted molar refractivity (Wildman–Crippen MR) is 80.9 cm³/mol. The normalized spacial score (nSPS) is 12.5. The van der Waals surface area contributed by atoms with Crippen molar-refractivity contribution in [2.24, 2.45) is 5.73 Å². The molecule has 4 heteroatoms. The monoisotopic (exact) mass is 341 g/mol. The van der Waals surface area contributed by atoms with E-state index in [1.807, 2.05) is 25.1 Å². The molecule has 0 heterocycles. The summed E-state index contributed by atoms with van der Waals surface area (Å²) in [7, 11) is 0. The molecule has 0 amide bonds. The number of aryl methyl sites for hydroxylation is 1. The van der Waals surface area contributed by atoms with E-state index in [0.29, 0.717) is 17.0 Å². The molecule has 1 nitrogen and oxygen atoms in total. The number of nitrogens with two attached hydrogens (primary N) is 1. The van der Waals surface area contributed by atoms with Crippen molar-refractivity contribution < 1.29 is 4.39 Å². The van der Waals surface area contributed by atoms with Crippen LogP contribution >= 0.6 is 27.5 Å². The maximum absolute atomic E-state index is 13.7. The molecule has 0 fully saturated rings. The van der Waals surface area contributed by atoms with E-state index in [1.54, 1.807) is 12.1 Å². The van der Waals surface area contributed by atoms with Crippen molar-refractivity contribution in [3.05, 3.63) is 68.4 Å². The summed E-state index contributed by atoms with van der Waals surface area (Å²) >= 11 is 9.32. The van der Waals surface area contributed by atoms with E-state index in [-0.39, 0.29) is 11.9 Å². The van der Waals surface area contributed by atoms with Gasteiger partial charge in [-0.25, -0.2) is 4.39 Å². The van der Waals surface area contributed by atoms with Crippen molar-refractivity contribution in [1.82, 2.24) is 0 Å². The molecule has 2 N–H and O–H groups in total. The summed E-state index contributed by atoms with van der Waals surface area (Å²) < 4.78 is 14.6. The maximum Gasteiger partial charge on any atom is 0.126 e. The summed E-state index contributed by atoms with van der Waals surface area (Å²) in [6, 6.07) is 10.2. The summed E-state index contributed by atoms with van der Waals surface area (Å²) in [5.41, 5.74) is 8.79. The van der Waals surface area contributed by atoms with E-state index in [9.17, 15) is 4.39 Å². The van der Waals surface area contributed by atoms with Crippen LogP contribution in [0.1, 0.15) is 22.7 Å². The zero-order chi connectivity index (χ0) is 14.0. The lowest BCUT2D eigenvalue weighted by atomic mass is 9.96. The van der Waals surface area contributed by atoms with Crippen LogP contribution in [0.2, 0.25) is 5.02 Å². The van der Waals surface area contributed by atoms with Crippen LogP contribution in [0.5, 0.6) is 0 Å². The van der Waals surface area contributed by atoms with Gasteiger partial charge in [0.1, 0.15) is 5.82 Å². The van der Waals surface area contributed by atoms with Gasteiger partial charge in [-0.1, -0.05) is 33.6 Å². The highest BCUT2D eigenvalue weighted by Gasteiger charge is 2.13. The van der Waals surface area contributed by atoms with Crippen LogP contribution < -0.4 is 5.73 Å². The quantitative estimate of drug-likeness (QED) is 0.852. The number of hydrogen-bond donors (Lipinski definition) is 1. The first-order valence-electron chi connectivity index (χ1n) is 5.93. The van der Waals surface area contributed by atoms with Crippen LogP contribution in [0.25, 0.3) is 0 Å². The zero-order valence-electron chi connectivity index (χ0n) is 10.5. The first-order chi connectivity index (χ1) is 8.97. The van der Waals surface area contributed by atoms with Crippen LogP contribution in [-0.2, 0) is 6.42 Å². The lowest BCUT2D eigenvalue weighted by Gasteiger charge is -2.16. The Morgan fingerprint density at radius 1 is 1.26 bits per heavy atom. The molecule has 1 unspecified atom stereocenters. The third kappa shape index (κ3) is 3.56. The van der Waals surface area contributed by atoms with Gasteiger partial charge in [0.15, 0.2) is 0 Å². The summed E-state index contributed by atoms with van der Waals surface area (Å²) in [5.74, 6) is -0.238. The second-order valence-electron chi connectivity index (χ2n) is 4.55. The lowest BCUT2D eigenvalue weighted by Crippen LogP contribution is -2.15. The second kappa shape index (κ2) is 6.04. The van der Waals surface area contributed by atoms with Crippen molar-refractivity contribution in [2.45, 2.75) is 19.4 Å². The molecule has 19 heavy (non-hydrogen) atoms. The molecule has 100 valence electrons. The van der Waals surface area contributed by atoms with Crippen molar-refractivity contribution >= 4 is 27.5 Å². The number of benzene rings is 2. The molecule has 1 atom stereocenters. The molecule has 0 aliphatic heterocycles. The van der Waals surface area contributed by atoms with E-state index in [0.717, 1.165) is 15.6 Å². The molecular formula is C15H14BrClFN. The minimum absolute atomic E-state index is 0.238. The molecule has 0 aliphatic rings. The maximum atomic E-state index is 13.7. The summed E-state index contributed by atoms with van der Waals surface area (Å²) in [5, 5.41) is 0.644. The Bertz CT molecular complexity index is 601. The smallest absolute Gasteiger partial charge is 0.126 e. The van der Waals surface area contributed by atoms with Gasteiger partial charge in [-0.3, -0.25) is 0 Å². The van der Waals surface area contributed by atoms with E-state index < -0.39 is 0 Å². The molecule has 2 aromatic rings. The van der Waals surface area contributed by atoms with E-state index in [4.69, 9.17) is 17.3 Å². The minimum Gasteiger partial charge on any atom is -0.324 e. The highest BCUT2D eigenvalue weighted by Crippen LogP contribution is 2.25. The van der Waals surface area contributed by atoms with Crippen molar-refractivity contribution in [1.29, 1.82) is 0 Å². The molecule has 0 saturated heterocycles. The molecule has 2 rings (SSSR count). The predicted octanol–water partition coefficient (Wildman–Crippen LogP) is 4.79. The van der Waals surface area contributed by atoms with Gasteiger partial charge in [-0.2, -0.15) is 0 Å². The average molecular weight is 343 g/mol. The summed E-state index contributed by atoms with van der Waals surface area (Å²) in [6.07, 6.45) is 0.437. The fourth-order valence-electron chi connectivity index (χ4n) is 2.06. The highest BCUT2D eigenvalue weighted by atomic mass is 79.9. The third-order valence-electron chi connectivity index (χ3n) is 3.09. The van der Waals surface area contributed by atoms with Gasteiger partial charge in [-0.15, -0.1) is 0 Å². The molecule has 0 saturated carbocycles. The average Bonchev–Trinajstić information content (AvgIpc) is 2.36. The molecule has 0 aliphatic carbocycles. The fourth-order valence-corrected chi connectivity index (χ4v) is 2.65. The highest BCUT2D eigenvalue weighted by molar-refractivity contribution is 9.10. The Kier molecular flexibility index (Phi) is 4.61. The third-order valence-corrected chi connectivity index (χ3v) is 3.82. The Balaban J connectivity index is 2.27. The fraction of sp³-hybridized carbons (Fsp3) is 0.200. The van der Waals surface area contributed by atoms with E-state index in [1.165, 1.54) is 6.07 Å². The van der Waals surface area contributed by atoms with Crippen LogP contribution in [0.3, 0.4) is 0 Å². The van der Waals surface area contributed by atoms with Crippen molar-refractivity contribution in [3.8, 4) is 0 Å². The van der Waals surface area contributed by atoms with Gasteiger partial charge < -0.3 is 5.73 Å². The largest absolute Gasteiger partial charge is 0.324 e. The lowest BCUT2D eigenvalue weighted by molar-refractivity contribution is 0.592. The van der Waals surface area contributed by atoms with E-state index in [2.05, 4.69) is 15.9 Å². The number of halogens is 3. The zero-order valence-corrected chi connectivity index (χ0v) is 12.8. The second-order valence-corrected chi connectivity index (χ2v) is 5.90. The number of hydrogen-bond acceptors (Lipinski definition) is 1. The van der Waals surface area contributed by atoms with Gasteiger partial charge in [-0.05, 0) is 60.4 Å². The van der Waals surface area contributed by atoms with Crippen molar-refractivity contribution in [3.63, 3.8) is 0 Å². The molecule has 0 spiro atoms. The Hall–Kier alpha value is -0.900. The van der Waals surface area contributed by atoms with Crippen LogP contribution in [0.15, 0.2) is 40.9 Å².